The number of halogens is 2. The number of methoxy groups -OCH3 is 1. The van der Waals surface area contributed by atoms with Gasteiger partial charge in [-0.15, -0.1) is 12.4 Å². The largest absolute Gasteiger partial charge is 0.481 e. The summed E-state index contributed by atoms with van der Waals surface area (Å²) in [4.78, 5) is 10.7. The van der Waals surface area contributed by atoms with Crippen LogP contribution >= 0.6 is 24.0 Å². The molecule has 20 heavy (non-hydrogen) atoms. The van der Waals surface area contributed by atoms with Gasteiger partial charge in [-0.25, -0.2) is 0 Å². The SMILES string of the molecule is COCC(C)(C)c1cc(Cl)cc(C(N)CC(=O)O)c1.Cl. The molecule has 0 aliphatic carbocycles. The molecule has 0 heterocycles. The molecule has 1 aromatic rings. The van der Waals surface area contributed by atoms with Crippen LogP contribution in [0.3, 0.4) is 0 Å². The number of carbonyl (C=O) groups is 1. The third-order valence-electron chi connectivity index (χ3n) is 3.03. The first-order valence-electron chi connectivity index (χ1n) is 6.03. The van der Waals surface area contributed by atoms with Crippen molar-refractivity contribution in [1.29, 1.82) is 0 Å². The topological polar surface area (TPSA) is 72.5 Å². The summed E-state index contributed by atoms with van der Waals surface area (Å²) in [6, 6.07) is 4.91. The Morgan fingerprint density at radius 1 is 1.45 bits per heavy atom. The summed E-state index contributed by atoms with van der Waals surface area (Å²) in [5.74, 6) is -0.926. The van der Waals surface area contributed by atoms with Crippen LogP contribution in [0.5, 0.6) is 0 Å². The zero-order valence-corrected chi connectivity index (χ0v) is 13.4. The van der Waals surface area contributed by atoms with E-state index in [1.165, 1.54) is 0 Å². The van der Waals surface area contributed by atoms with Gasteiger partial charge in [0.05, 0.1) is 13.0 Å². The molecular weight excluding hydrogens is 301 g/mol. The van der Waals surface area contributed by atoms with Crippen LogP contribution in [0.2, 0.25) is 5.02 Å². The van der Waals surface area contributed by atoms with Crippen LogP contribution in [-0.2, 0) is 14.9 Å². The van der Waals surface area contributed by atoms with Crippen LogP contribution in [-0.4, -0.2) is 24.8 Å². The second-order valence-electron chi connectivity index (χ2n) is 5.29. The highest BCUT2D eigenvalue weighted by Crippen LogP contribution is 2.29. The third-order valence-corrected chi connectivity index (χ3v) is 3.25. The maximum Gasteiger partial charge on any atom is 0.305 e. The molecule has 1 rings (SSSR count). The molecular formula is C14H21Cl2NO3. The number of rotatable bonds is 6. The Morgan fingerprint density at radius 3 is 2.55 bits per heavy atom. The third kappa shape index (κ3) is 5.29. The standard InChI is InChI=1S/C14H20ClNO3.ClH/c1-14(2,8-19-3)10-4-9(5-11(15)6-10)12(16)7-13(17)18;/h4-6,12H,7-8,16H2,1-3H3,(H,17,18);1H. The molecule has 0 aliphatic rings. The van der Waals surface area contributed by atoms with Crippen molar-refractivity contribution in [1.82, 2.24) is 0 Å². The van der Waals surface area contributed by atoms with Crippen molar-refractivity contribution in [3.63, 3.8) is 0 Å². The first-order valence-corrected chi connectivity index (χ1v) is 6.41. The summed E-state index contributed by atoms with van der Waals surface area (Å²) in [6.07, 6.45) is -0.121. The van der Waals surface area contributed by atoms with E-state index in [-0.39, 0.29) is 24.2 Å². The van der Waals surface area contributed by atoms with E-state index in [0.29, 0.717) is 11.6 Å². The second kappa shape index (κ2) is 7.84. The van der Waals surface area contributed by atoms with E-state index in [1.54, 1.807) is 13.2 Å². The number of benzene rings is 1. The number of nitrogens with two attached hydrogens (primary N) is 1. The molecule has 1 atom stereocenters. The Bertz CT molecular complexity index is 464. The van der Waals surface area contributed by atoms with Gasteiger partial charge in [0.25, 0.3) is 0 Å². The molecule has 0 amide bonds. The maximum absolute atomic E-state index is 10.7. The molecule has 0 saturated heterocycles. The zero-order valence-electron chi connectivity index (χ0n) is 11.9. The smallest absolute Gasteiger partial charge is 0.305 e. The monoisotopic (exact) mass is 321 g/mol. The number of hydrogen-bond donors (Lipinski definition) is 2. The first kappa shape index (κ1) is 19.2. The Hall–Kier alpha value is -0.810. The highest BCUT2D eigenvalue weighted by molar-refractivity contribution is 6.30. The Kier molecular flexibility index (Phi) is 7.52. The van der Waals surface area contributed by atoms with E-state index in [0.717, 1.165) is 11.1 Å². The van der Waals surface area contributed by atoms with Crippen molar-refractivity contribution in [2.24, 2.45) is 5.73 Å². The van der Waals surface area contributed by atoms with Crippen molar-refractivity contribution < 1.29 is 14.6 Å². The van der Waals surface area contributed by atoms with Gasteiger partial charge in [0.15, 0.2) is 0 Å². The van der Waals surface area contributed by atoms with E-state index in [1.807, 2.05) is 26.0 Å². The first-order chi connectivity index (χ1) is 8.76. The van der Waals surface area contributed by atoms with Crippen molar-refractivity contribution in [3.8, 4) is 0 Å². The normalized spacial score (nSPS) is 12.7. The fourth-order valence-corrected chi connectivity index (χ4v) is 2.21. The van der Waals surface area contributed by atoms with Crippen molar-refractivity contribution >= 4 is 30.0 Å². The van der Waals surface area contributed by atoms with Crippen molar-refractivity contribution in [2.75, 3.05) is 13.7 Å². The molecule has 1 aromatic carbocycles. The summed E-state index contributed by atoms with van der Waals surface area (Å²) in [5, 5.41) is 9.35. The number of ether oxygens (including phenoxy) is 1. The van der Waals surface area contributed by atoms with Gasteiger partial charge in [-0.1, -0.05) is 31.5 Å². The molecule has 1 unspecified atom stereocenters. The summed E-state index contributed by atoms with van der Waals surface area (Å²) < 4.78 is 5.20. The lowest BCUT2D eigenvalue weighted by Gasteiger charge is -2.26. The van der Waals surface area contributed by atoms with Gasteiger partial charge in [-0.2, -0.15) is 0 Å². The van der Waals surface area contributed by atoms with Crippen LogP contribution in [0.15, 0.2) is 18.2 Å². The summed E-state index contributed by atoms with van der Waals surface area (Å²) >= 11 is 6.09. The number of carboxylic acid groups (broad SMARTS) is 1. The second-order valence-corrected chi connectivity index (χ2v) is 5.73. The molecule has 114 valence electrons. The molecule has 3 N–H and O–H groups in total. The van der Waals surface area contributed by atoms with Gasteiger partial charge in [-0.3, -0.25) is 4.79 Å². The highest BCUT2D eigenvalue weighted by atomic mass is 35.5. The summed E-state index contributed by atoms with van der Waals surface area (Å²) in [7, 11) is 1.64. The van der Waals surface area contributed by atoms with Crippen LogP contribution in [0.1, 0.15) is 37.4 Å². The Balaban J connectivity index is 0.00000361. The molecule has 0 saturated carbocycles. The average Bonchev–Trinajstić information content (AvgIpc) is 2.27. The molecule has 6 heteroatoms. The van der Waals surface area contributed by atoms with Gasteiger partial charge in [0, 0.05) is 23.6 Å². The lowest BCUT2D eigenvalue weighted by molar-refractivity contribution is -0.137. The summed E-state index contributed by atoms with van der Waals surface area (Å²) in [5.41, 5.74) is 7.38. The fraction of sp³-hybridized carbons (Fsp3) is 0.500. The number of aliphatic carboxylic acids is 1. The average molecular weight is 322 g/mol. The van der Waals surface area contributed by atoms with E-state index in [9.17, 15) is 4.79 Å². The molecule has 0 spiro atoms. The van der Waals surface area contributed by atoms with E-state index >= 15 is 0 Å². The van der Waals surface area contributed by atoms with E-state index in [2.05, 4.69) is 0 Å². The zero-order chi connectivity index (χ0) is 14.6. The Morgan fingerprint density at radius 2 is 2.05 bits per heavy atom. The highest BCUT2D eigenvalue weighted by Gasteiger charge is 2.22. The van der Waals surface area contributed by atoms with Gasteiger partial charge >= 0.3 is 5.97 Å². The predicted molar refractivity (Wildman–Crippen MR) is 82.8 cm³/mol. The molecule has 0 fully saturated rings. The number of hydrogen-bond acceptors (Lipinski definition) is 3. The van der Waals surface area contributed by atoms with Crippen LogP contribution in [0, 0.1) is 0 Å². The molecule has 0 bridgehead atoms. The molecule has 0 aliphatic heterocycles. The van der Waals surface area contributed by atoms with Crippen molar-refractivity contribution in [3.05, 3.63) is 34.3 Å². The lowest BCUT2D eigenvalue weighted by Crippen LogP contribution is -2.24. The predicted octanol–water partition coefficient (Wildman–Crippen LogP) is 3.16. The van der Waals surface area contributed by atoms with Gasteiger partial charge < -0.3 is 15.6 Å². The van der Waals surface area contributed by atoms with Gasteiger partial charge in [0.2, 0.25) is 0 Å². The Labute approximate surface area is 130 Å². The number of carboxylic acids is 1. The van der Waals surface area contributed by atoms with Crippen LogP contribution < -0.4 is 5.73 Å². The van der Waals surface area contributed by atoms with E-state index < -0.39 is 12.0 Å². The lowest BCUT2D eigenvalue weighted by atomic mass is 9.84. The van der Waals surface area contributed by atoms with Crippen LogP contribution in [0.25, 0.3) is 0 Å². The molecule has 4 nitrogen and oxygen atoms in total. The van der Waals surface area contributed by atoms with Gasteiger partial charge in [-0.05, 0) is 23.3 Å². The fourth-order valence-electron chi connectivity index (χ4n) is 1.97. The quantitative estimate of drug-likeness (QED) is 0.844. The van der Waals surface area contributed by atoms with Crippen molar-refractivity contribution in [2.45, 2.75) is 31.7 Å². The minimum atomic E-state index is -0.926. The van der Waals surface area contributed by atoms with E-state index in [4.69, 9.17) is 27.2 Å². The van der Waals surface area contributed by atoms with Gasteiger partial charge in [0.1, 0.15) is 0 Å². The summed E-state index contributed by atoms with van der Waals surface area (Å²) in [6.45, 7) is 4.62. The molecule has 0 aromatic heterocycles. The molecule has 0 radical (unpaired) electrons. The minimum absolute atomic E-state index is 0. The maximum atomic E-state index is 10.7. The van der Waals surface area contributed by atoms with Crippen LogP contribution in [0.4, 0.5) is 0 Å². The minimum Gasteiger partial charge on any atom is -0.481 e.